The molecule has 0 heterocycles. The largest absolute Gasteiger partial charge is 0.399 e. The predicted molar refractivity (Wildman–Crippen MR) is 66.9 cm³/mol. The first-order valence-corrected chi connectivity index (χ1v) is 4.83. The lowest BCUT2D eigenvalue weighted by atomic mass is 10.2. The molecular formula is C11H20ClN2+. The maximum atomic E-state index is 5.65. The van der Waals surface area contributed by atoms with Crippen molar-refractivity contribution in [1.82, 2.24) is 4.48 Å². The maximum absolute atomic E-state index is 5.65. The van der Waals surface area contributed by atoms with Crippen LogP contribution in [0, 0.1) is 0 Å². The van der Waals surface area contributed by atoms with E-state index in [4.69, 9.17) is 5.73 Å². The zero-order chi connectivity index (χ0) is 9.90. The van der Waals surface area contributed by atoms with Gasteiger partial charge in [-0.15, -0.1) is 12.4 Å². The summed E-state index contributed by atoms with van der Waals surface area (Å²) in [6.45, 7) is 6.64. The Balaban J connectivity index is 0.00000169. The summed E-state index contributed by atoms with van der Waals surface area (Å²) < 4.78 is 0.972. The van der Waals surface area contributed by atoms with Gasteiger partial charge in [-0.1, -0.05) is 0 Å². The van der Waals surface area contributed by atoms with Crippen LogP contribution in [0.25, 0.3) is 0 Å². The lowest BCUT2D eigenvalue weighted by Gasteiger charge is -2.31. The lowest BCUT2D eigenvalue weighted by Crippen LogP contribution is -2.44. The summed E-state index contributed by atoms with van der Waals surface area (Å²) >= 11 is 0. The summed E-state index contributed by atoms with van der Waals surface area (Å²) in [5, 5.41) is 0. The van der Waals surface area contributed by atoms with Crippen molar-refractivity contribution in [2.24, 2.45) is 0 Å². The quantitative estimate of drug-likeness (QED) is 0.609. The number of quaternary nitrogens is 1. The molecule has 0 aliphatic rings. The van der Waals surface area contributed by atoms with Crippen molar-refractivity contribution < 1.29 is 0 Å². The van der Waals surface area contributed by atoms with Crippen molar-refractivity contribution in [3.63, 3.8) is 0 Å². The Kier molecular flexibility index (Phi) is 4.95. The summed E-state index contributed by atoms with van der Waals surface area (Å²) in [5.41, 5.74) is 7.81. The number of hydrogen-bond acceptors (Lipinski definition) is 1. The SMILES string of the molecule is CC[N+](C)(CC)c1ccc(N)cc1.Cl. The summed E-state index contributed by atoms with van der Waals surface area (Å²) in [6, 6.07) is 8.17. The van der Waals surface area contributed by atoms with Crippen LogP contribution in [0.1, 0.15) is 13.8 Å². The molecule has 0 radical (unpaired) electrons. The highest BCUT2D eigenvalue weighted by molar-refractivity contribution is 5.85. The number of anilines is 1. The molecule has 0 aromatic heterocycles. The molecule has 0 amide bonds. The van der Waals surface area contributed by atoms with Crippen molar-refractivity contribution in [2.75, 3.05) is 25.9 Å². The average Bonchev–Trinajstić information content (AvgIpc) is 2.18. The average molecular weight is 216 g/mol. The fraction of sp³-hybridized carbons (Fsp3) is 0.455. The molecule has 2 N–H and O–H groups in total. The fourth-order valence-electron chi connectivity index (χ4n) is 1.42. The minimum Gasteiger partial charge on any atom is -0.399 e. The third-order valence-electron chi connectivity index (χ3n) is 2.91. The second-order valence-corrected chi connectivity index (χ2v) is 3.62. The molecule has 14 heavy (non-hydrogen) atoms. The highest BCUT2D eigenvalue weighted by atomic mass is 35.5. The Labute approximate surface area is 92.7 Å². The second kappa shape index (κ2) is 5.23. The molecule has 0 saturated heterocycles. The molecule has 80 valence electrons. The fourth-order valence-corrected chi connectivity index (χ4v) is 1.42. The van der Waals surface area contributed by atoms with E-state index in [0.717, 1.165) is 23.3 Å². The van der Waals surface area contributed by atoms with Crippen LogP contribution >= 0.6 is 12.4 Å². The van der Waals surface area contributed by atoms with E-state index in [1.807, 2.05) is 12.1 Å². The van der Waals surface area contributed by atoms with Gasteiger partial charge in [0.15, 0.2) is 0 Å². The Hall–Kier alpha value is -0.730. The summed E-state index contributed by atoms with van der Waals surface area (Å²) in [4.78, 5) is 0. The number of benzene rings is 1. The van der Waals surface area contributed by atoms with Crippen LogP contribution in [0.4, 0.5) is 11.4 Å². The van der Waals surface area contributed by atoms with E-state index < -0.39 is 0 Å². The molecule has 3 heteroatoms. The van der Waals surface area contributed by atoms with E-state index in [1.54, 1.807) is 0 Å². The van der Waals surface area contributed by atoms with Gasteiger partial charge in [0.1, 0.15) is 5.69 Å². The van der Waals surface area contributed by atoms with Gasteiger partial charge in [0.2, 0.25) is 0 Å². The van der Waals surface area contributed by atoms with Gasteiger partial charge in [-0.3, -0.25) is 4.48 Å². The van der Waals surface area contributed by atoms with Crippen LogP contribution in [0.3, 0.4) is 0 Å². The standard InChI is InChI=1S/C11H19N2.ClH/c1-4-13(3,5-2)11-8-6-10(12)7-9-11;/h6-9H,4-5,12H2,1-3H3;1H/q+1;. The molecule has 1 rings (SSSR count). The molecule has 0 fully saturated rings. The third-order valence-corrected chi connectivity index (χ3v) is 2.91. The van der Waals surface area contributed by atoms with Crippen molar-refractivity contribution in [1.29, 1.82) is 0 Å². The number of halogens is 1. The maximum Gasteiger partial charge on any atom is 0.132 e. The van der Waals surface area contributed by atoms with Crippen molar-refractivity contribution >= 4 is 23.8 Å². The summed E-state index contributed by atoms with van der Waals surface area (Å²) in [6.07, 6.45) is 0. The van der Waals surface area contributed by atoms with Gasteiger partial charge in [-0.05, 0) is 26.0 Å². The molecule has 2 nitrogen and oxygen atoms in total. The zero-order valence-electron chi connectivity index (χ0n) is 9.16. The molecule has 0 unspecified atom stereocenters. The number of rotatable bonds is 3. The van der Waals surface area contributed by atoms with E-state index in [0.29, 0.717) is 0 Å². The molecule has 0 aliphatic carbocycles. The van der Waals surface area contributed by atoms with Gasteiger partial charge in [0.05, 0.1) is 20.1 Å². The van der Waals surface area contributed by atoms with Gasteiger partial charge in [-0.2, -0.15) is 0 Å². The molecule has 0 atom stereocenters. The van der Waals surface area contributed by atoms with Crippen molar-refractivity contribution in [3.8, 4) is 0 Å². The molecule has 0 bridgehead atoms. The van der Waals surface area contributed by atoms with Crippen LogP contribution < -0.4 is 10.2 Å². The monoisotopic (exact) mass is 215 g/mol. The number of nitrogens with zero attached hydrogens (tertiary/aromatic N) is 1. The normalized spacial score (nSPS) is 10.8. The Morgan fingerprint density at radius 3 is 1.86 bits per heavy atom. The molecule has 0 aliphatic heterocycles. The number of nitrogen functional groups attached to an aromatic ring is 1. The zero-order valence-corrected chi connectivity index (χ0v) is 9.97. The van der Waals surface area contributed by atoms with E-state index in [-0.39, 0.29) is 12.4 Å². The number of nitrogens with two attached hydrogens (primary N) is 1. The Bertz CT molecular complexity index is 265. The highest BCUT2D eigenvalue weighted by Gasteiger charge is 2.19. The molecular weight excluding hydrogens is 196 g/mol. The van der Waals surface area contributed by atoms with E-state index in [2.05, 4.69) is 33.0 Å². The minimum absolute atomic E-state index is 0. The van der Waals surface area contributed by atoms with Gasteiger partial charge < -0.3 is 5.73 Å². The third kappa shape index (κ3) is 2.63. The summed E-state index contributed by atoms with van der Waals surface area (Å²) in [5.74, 6) is 0. The topological polar surface area (TPSA) is 26.0 Å². The van der Waals surface area contributed by atoms with Crippen LogP contribution in [0.15, 0.2) is 24.3 Å². The van der Waals surface area contributed by atoms with E-state index in [1.165, 1.54) is 5.69 Å². The molecule has 1 aromatic rings. The first-order valence-electron chi connectivity index (χ1n) is 4.83. The van der Waals surface area contributed by atoms with Crippen molar-refractivity contribution in [2.45, 2.75) is 13.8 Å². The summed E-state index contributed by atoms with van der Waals surface area (Å²) in [7, 11) is 2.24. The first kappa shape index (κ1) is 13.3. The van der Waals surface area contributed by atoms with Gasteiger partial charge in [-0.25, -0.2) is 0 Å². The predicted octanol–water partition coefficient (Wildman–Crippen LogP) is 2.67. The van der Waals surface area contributed by atoms with E-state index >= 15 is 0 Å². The molecule has 0 spiro atoms. The van der Waals surface area contributed by atoms with E-state index in [9.17, 15) is 0 Å². The van der Waals surface area contributed by atoms with Gasteiger partial charge in [0.25, 0.3) is 0 Å². The van der Waals surface area contributed by atoms with Crippen LogP contribution in [-0.2, 0) is 0 Å². The lowest BCUT2D eigenvalue weighted by molar-refractivity contribution is 0.365. The first-order chi connectivity index (χ1) is 6.12. The van der Waals surface area contributed by atoms with Crippen molar-refractivity contribution in [3.05, 3.63) is 24.3 Å². The Morgan fingerprint density at radius 2 is 1.50 bits per heavy atom. The smallest absolute Gasteiger partial charge is 0.132 e. The Morgan fingerprint density at radius 1 is 1.07 bits per heavy atom. The molecule has 0 saturated carbocycles. The van der Waals surface area contributed by atoms with Crippen LogP contribution in [0.2, 0.25) is 0 Å². The number of hydrogen-bond donors (Lipinski definition) is 1. The molecule has 1 aromatic carbocycles. The van der Waals surface area contributed by atoms with Gasteiger partial charge >= 0.3 is 0 Å². The minimum atomic E-state index is 0. The second-order valence-electron chi connectivity index (χ2n) is 3.62. The van der Waals surface area contributed by atoms with Gasteiger partial charge in [0, 0.05) is 17.8 Å². The van der Waals surface area contributed by atoms with Crippen LogP contribution in [-0.4, -0.2) is 20.1 Å². The van der Waals surface area contributed by atoms with Crippen LogP contribution in [0.5, 0.6) is 0 Å². The highest BCUT2D eigenvalue weighted by Crippen LogP contribution is 2.21.